The number of para-hydroxylation sites is 1. The number of carbonyl (C=O) groups is 2. The molecular formula is C25H31FN4O3. The fraction of sp³-hybridized carbons (Fsp3) is 0.440. The summed E-state index contributed by atoms with van der Waals surface area (Å²) in [5.74, 6) is -0.380. The van der Waals surface area contributed by atoms with Gasteiger partial charge in [0.1, 0.15) is 5.82 Å². The van der Waals surface area contributed by atoms with Gasteiger partial charge in [-0.05, 0) is 42.7 Å². The molecule has 2 fully saturated rings. The van der Waals surface area contributed by atoms with Crippen LogP contribution in [0.15, 0.2) is 54.6 Å². The Hall–Kier alpha value is -2.97. The highest BCUT2D eigenvalue weighted by molar-refractivity contribution is 5.89. The molecule has 2 aliphatic heterocycles. The molecule has 1 atom stereocenters. The zero-order valence-corrected chi connectivity index (χ0v) is 18.7. The minimum absolute atomic E-state index is 0.0125. The Morgan fingerprint density at radius 1 is 0.970 bits per heavy atom. The third kappa shape index (κ3) is 6.30. The van der Waals surface area contributed by atoms with Crippen LogP contribution in [0.4, 0.5) is 14.9 Å². The first-order valence-electron chi connectivity index (χ1n) is 11.6. The molecule has 33 heavy (non-hydrogen) atoms. The molecule has 0 aromatic heterocycles. The average molecular weight is 455 g/mol. The van der Waals surface area contributed by atoms with Crippen molar-refractivity contribution in [2.75, 3.05) is 51.3 Å². The minimum atomic E-state index is -0.272. The number of rotatable bonds is 6. The largest absolute Gasteiger partial charge is 0.379 e. The van der Waals surface area contributed by atoms with E-state index in [0.717, 1.165) is 24.3 Å². The van der Waals surface area contributed by atoms with Crippen molar-refractivity contribution in [1.82, 2.24) is 15.1 Å². The highest BCUT2D eigenvalue weighted by Gasteiger charge is 2.29. The van der Waals surface area contributed by atoms with Gasteiger partial charge in [-0.15, -0.1) is 0 Å². The first kappa shape index (κ1) is 23.2. The van der Waals surface area contributed by atoms with Crippen LogP contribution >= 0.6 is 0 Å². The number of urea groups is 1. The Kier molecular flexibility index (Phi) is 7.91. The number of nitrogens with one attached hydrogen (secondary N) is 2. The third-order valence-electron chi connectivity index (χ3n) is 6.39. The van der Waals surface area contributed by atoms with Crippen LogP contribution in [0.25, 0.3) is 0 Å². The topological polar surface area (TPSA) is 73.9 Å². The third-order valence-corrected chi connectivity index (χ3v) is 6.39. The van der Waals surface area contributed by atoms with E-state index < -0.39 is 0 Å². The lowest BCUT2D eigenvalue weighted by atomic mass is 9.95. The number of hydrogen-bond acceptors (Lipinski definition) is 4. The number of ether oxygens (including phenoxy) is 1. The number of amides is 3. The summed E-state index contributed by atoms with van der Waals surface area (Å²) in [6.07, 6.45) is 1.26. The smallest absolute Gasteiger partial charge is 0.321 e. The van der Waals surface area contributed by atoms with E-state index >= 15 is 0 Å². The van der Waals surface area contributed by atoms with Gasteiger partial charge in [-0.2, -0.15) is 0 Å². The van der Waals surface area contributed by atoms with Crippen molar-refractivity contribution in [3.8, 4) is 0 Å². The number of benzene rings is 2. The molecule has 0 aliphatic carbocycles. The number of hydrogen-bond donors (Lipinski definition) is 2. The highest BCUT2D eigenvalue weighted by atomic mass is 19.1. The van der Waals surface area contributed by atoms with Crippen LogP contribution in [0.5, 0.6) is 0 Å². The number of carbonyl (C=O) groups excluding carboxylic acids is 2. The lowest BCUT2D eigenvalue weighted by Gasteiger charge is -2.36. The molecule has 176 valence electrons. The minimum Gasteiger partial charge on any atom is -0.379 e. The van der Waals surface area contributed by atoms with Crippen molar-refractivity contribution in [3.63, 3.8) is 0 Å². The van der Waals surface area contributed by atoms with E-state index in [4.69, 9.17) is 4.74 Å². The fourth-order valence-electron chi connectivity index (χ4n) is 4.44. The first-order chi connectivity index (χ1) is 16.1. The Morgan fingerprint density at radius 3 is 2.30 bits per heavy atom. The molecule has 7 nitrogen and oxygen atoms in total. The van der Waals surface area contributed by atoms with Gasteiger partial charge in [-0.3, -0.25) is 9.69 Å². The maximum atomic E-state index is 13.4. The number of piperidine rings is 1. The summed E-state index contributed by atoms with van der Waals surface area (Å²) in [6, 6.07) is 15.7. The molecule has 0 bridgehead atoms. The lowest BCUT2D eigenvalue weighted by Crippen LogP contribution is -2.47. The van der Waals surface area contributed by atoms with E-state index in [2.05, 4.69) is 15.5 Å². The van der Waals surface area contributed by atoms with Crippen molar-refractivity contribution in [3.05, 3.63) is 66.0 Å². The zero-order valence-electron chi connectivity index (χ0n) is 18.7. The van der Waals surface area contributed by atoms with Crippen LogP contribution in [0.2, 0.25) is 0 Å². The molecule has 2 heterocycles. The number of nitrogens with zero attached hydrogens (tertiary/aromatic N) is 2. The van der Waals surface area contributed by atoms with E-state index in [0.29, 0.717) is 45.7 Å². The summed E-state index contributed by atoms with van der Waals surface area (Å²) >= 11 is 0. The molecule has 0 unspecified atom stereocenters. The van der Waals surface area contributed by atoms with E-state index in [1.54, 1.807) is 17.0 Å². The molecule has 8 heteroatoms. The maximum Gasteiger partial charge on any atom is 0.321 e. The standard InChI is InChI=1S/C25H31FN4O3/c26-21-8-6-19(7-9-21)23(29-14-16-33-17-15-29)18-27-24(31)20-10-12-30(13-11-20)25(32)28-22-4-2-1-3-5-22/h1-9,20,23H,10-18H2,(H,27,31)(H,28,32)/t23-/m0/s1. The van der Waals surface area contributed by atoms with Crippen LogP contribution in [0.1, 0.15) is 24.4 Å². The Balaban J connectivity index is 1.29. The van der Waals surface area contributed by atoms with Crippen molar-refractivity contribution in [2.45, 2.75) is 18.9 Å². The van der Waals surface area contributed by atoms with Crippen LogP contribution in [-0.4, -0.2) is 67.7 Å². The van der Waals surface area contributed by atoms with Gasteiger partial charge < -0.3 is 20.3 Å². The monoisotopic (exact) mass is 454 g/mol. The van der Waals surface area contributed by atoms with Crippen molar-refractivity contribution in [1.29, 1.82) is 0 Å². The number of halogens is 1. The zero-order chi connectivity index (χ0) is 23.0. The Morgan fingerprint density at radius 2 is 1.64 bits per heavy atom. The molecule has 2 N–H and O–H groups in total. The van der Waals surface area contributed by atoms with Crippen LogP contribution in [0.3, 0.4) is 0 Å². The van der Waals surface area contributed by atoms with E-state index in [-0.39, 0.29) is 29.7 Å². The molecule has 2 aromatic rings. The van der Waals surface area contributed by atoms with Gasteiger partial charge in [0.15, 0.2) is 0 Å². The average Bonchev–Trinajstić information content (AvgIpc) is 2.86. The second-order valence-electron chi connectivity index (χ2n) is 8.52. The molecule has 4 rings (SSSR count). The normalized spacial score (nSPS) is 18.5. The van der Waals surface area contributed by atoms with Gasteiger partial charge in [-0.25, -0.2) is 9.18 Å². The molecule has 0 saturated carbocycles. The second kappa shape index (κ2) is 11.2. The van der Waals surface area contributed by atoms with Gasteiger partial charge in [-0.1, -0.05) is 30.3 Å². The second-order valence-corrected chi connectivity index (χ2v) is 8.52. The predicted octanol–water partition coefficient (Wildman–Crippen LogP) is 3.26. The summed E-state index contributed by atoms with van der Waals surface area (Å²) in [5, 5.41) is 6.01. The predicted molar refractivity (Wildman–Crippen MR) is 124 cm³/mol. The van der Waals surface area contributed by atoms with E-state index in [1.807, 2.05) is 30.3 Å². The summed E-state index contributed by atoms with van der Waals surface area (Å²) in [7, 11) is 0. The number of likely N-dealkylation sites (tertiary alicyclic amines) is 1. The van der Waals surface area contributed by atoms with Gasteiger partial charge in [0.25, 0.3) is 0 Å². The molecule has 2 aromatic carbocycles. The molecular weight excluding hydrogens is 423 g/mol. The maximum absolute atomic E-state index is 13.4. The quantitative estimate of drug-likeness (QED) is 0.703. The van der Waals surface area contributed by atoms with Crippen molar-refractivity contribution >= 4 is 17.6 Å². The summed E-state index contributed by atoms with van der Waals surface area (Å²) in [4.78, 5) is 29.4. The Labute approximate surface area is 193 Å². The van der Waals surface area contributed by atoms with Gasteiger partial charge in [0.2, 0.25) is 5.91 Å². The summed E-state index contributed by atoms with van der Waals surface area (Å²) < 4.78 is 18.9. The molecule has 2 saturated heterocycles. The summed E-state index contributed by atoms with van der Waals surface area (Å²) in [5.41, 5.74) is 1.74. The molecule has 0 spiro atoms. The molecule has 2 aliphatic rings. The molecule has 3 amide bonds. The van der Waals surface area contributed by atoms with Gasteiger partial charge in [0, 0.05) is 44.3 Å². The number of anilines is 1. The van der Waals surface area contributed by atoms with Crippen molar-refractivity contribution < 1.29 is 18.7 Å². The SMILES string of the molecule is O=C(NC[C@@H](c1ccc(F)cc1)N1CCOCC1)C1CCN(C(=O)Nc2ccccc2)CC1. The van der Waals surface area contributed by atoms with Crippen LogP contribution in [0, 0.1) is 11.7 Å². The summed E-state index contributed by atoms with van der Waals surface area (Å²) in [6.45, 7) is 4.38. The lowest BCUT2D eigenvalue weighted by molar-refractivity contribution is -0.126. The van der Waals surface area contributed by atoms with E-state index in [9.17, 15) is 14.0 Å². The van der Waals surface area contributed by atoms with E-state index in [1.165, 1.54) is 12.1 Å². The molecule has 0 radical (unpaired) electrons. The first-order valence-corrected chi connectivity index (χ1v) is 11.6. The van der Waals surface area contributed by atoms with Gasteiger partial charge >= 0.3 is 6.03 Å². The Bertz CT molecular complexity index is 911. The van der Waals surface area contributed by atoms with Crippen LogP contribution in [-0.2, 0) is 9.53 Å². The van der Waals surface area contributed by atoms with Crippen LogP contribution < -0.4 is 10.6 Å². The number of morpholine rings is 1. The van der Waals surface area contributed by atoms with Crippen molar-refractivity contribution in [2.24, 2.45) is 5.92 Å². The fourth-order valence-corrected chi connectivity index (χ4v) is 4.44. The highest BCUT2D eigenvalue weighted by Crippen LogP contribution is 2.23. The van der Waals surface area contributed by atoms with Gasteiger partial charge in [0.05, 0.1) is 19.3 Å².